The Morgan fingerprint density at radius 1 is 0.589 bits per heavy atom. The van der Waals surface area contributed by atoms with Crippen LogP contribution >= 0.6 is 11.6 Å². The first kappa shape index (κ1) is 76.9. The molecule has 0 spiro atoms. The number of carbonyl (C=O) groups is 11. The van der Waals surface area contributed by atoms with E-state index in [4.69, 9.17) is 11.6 Å². The van der Waals surface area contributed by atoms with Gasteiger partial charge in [0, 0.05) is 68.2 Å². The van der Waals surface area contributed by atoms with Crippen molar-refractivity contribution >= 4 is 76.6 Å². The van der Waals surface area contributed by atoms with E-state index >= 15 is 0 Å². The van der Waals surface area contributed by atoms with Crippen LogP contribution in [-0.4, -0.2) is 216 Å². The number of benzene rings is 2. The van der Waals surface area contributed by atoms with E-state index in [9.17, 15) is 65.9 Å². The van der Waals surface area contributed by atoms with Crippen LogP contribution in [0.2, 0.25) is 5.02 Å². The summed E-state index contributed by atoms with van der Waals surface area (Å²) in [7, 11) is 9.63. The van der Waals surface area contributed by atoms with Crippen LogP contribution in [-0.2, 0) is 71.8 Å². The lowest BCUT2D eigenvalue weighted by Crippen LogP contribution is -2.63. The molecule has 2 aromatic rings. The SMILES string of the molecule is CCC(C)[C@@H]1NC(=O)[C@H](C)N(C)C(=O)C[C@@H](C)N(C)C(=O)[C@H](CC(C)C)NC(=O)C(C)(C)N(C)C(=O)[C@H](CC(C)C)NC(=O)[C@H](CCc2ccc(C(F)(F)F)c(Cl)c2)NC(=O)[C@@H](C)N(C)C(=O)[C@H](Cc2ccc(C)cc2)N(C)C(=O)CN(C)C(=O)CN(C)C1=O. The number of aryl methyl sites for hydroxylation is 2. The molecule has 0 bridgehead atoms. The first-order chi connectivity index (χ1) is 41.6. The second-order valence-electron chi connectivity index (χ2n) is 25.5. The van der Waals surface area contributed by atoms with Gasteiger partial charge >= 0.3 is 6.18 Å². The van der Waals surface area contributed by atoms with Crippen molar-refractivity contribution in [3.8, 4) is 0 Å². The van der Waals surface area contributed by atoms with Crippen LogP contribution in [0.5, 0.6) is 0 Å². The molecule has 0 radical (unpaired) electrons. The van der Waals surface area contributed by atoms with Gasteiger partial charge in [-0.25, -0.2) is 0 Å². The summed E-state index contributed by atoms with van der Waals surface area (Å²) in [5.41, 5.74) is -0.996. The molecule has 4 N–H and O–H groups in total. The van der Waals surface area contributed by atoms with Gasteiger partial charge in [0.05, 0.1) is 23.7 Å². The Labute approximate surface area is 534 Å². The van der Waals surface area contributed by atoms with E-state index < -0.39 is 155 Å². The first-order valence-electron chi connectivity index (χ1n) is 30.5. The summed E-state index contributed by atoms with van der Waals surface area (Å²) in [4.78, 5) is 166. The number of halogens is 4. The molecule has 502 valence electrons. The molecular formula is C64H97ClF3N11O11. The van der Waals surface area contributed by atoms with Crippen LogP contribution in [0.15, 0.2) is 42.5 Å². The Bertz CT molecular complexity index is 2910. The summed E-state index contributed by atoms with van der Waals surface area (Å²) < 4.78 is 41.3. The van der Waals surface area contributed by atoms with Gasteiger partial charge in [0.2, 0.25) is 65.0 Å². The fraction of sp³-hybridized carbons (Fsp3) is 0.641. The van der Waals surface area contributed by atoms with Gasteiger partial charge in [0.25, 0.3) is 0 Å². The lowest BCUT2D eigenvalue weighted by molar-refractivity contribution is -0.149. The number of hydrogen-bond acceptors (Lipinski definition) is 11. The fourth-order valence-electron chi connectivity index (χ4n) is 9.97. The van der Waals surface area contributed by atoms with Gasteiger partial charge in [0.15, 0.2) is 0 Å². The highest BCUT2D eigenvalue weighted by Gasteiger charge is 2.43. The number of alkyl halides is 3. The third kappa shape index (κ3) is 20.9. The van der Waals surface area contributed by atoms with Crippen molar-refractivity contribution in [1.29, 1.82) is 0 Å². The van der Waals surface area contributed by atoms with Gasteiger partial charge in [-0.1, -0.05) is 95.5 Å². The highest BCUT2D eigenvalue weighted by molar-refractivity contribution is 6.31. The molecule has 3 rings (SSSR count). The molecule has 22 nitrogen and oxygen atoms in total. The largest absolute Gasteiger partial charge is 0.417 e. The Hall–Kier alpha value is -7.31. The number of amides is 11. The predicted molar refractivity (Wildman–Crippen MR) is 336 cm³/mol. The first-order valence-corrected chi connectivity index (χ1v) is 30.9. The molecule has 1 aliphatic heterocycles. The van der Waals surface area contributed by atoms with Crippen LogP contribution in [0.25, 0.3) is 0 Å². The second kappa shape index (κ2) is 33.1. The van der Waals surface area contributed by atoms with E-state index in [1.54, 1.807) is 39.8 Å². The minimum atomic E-state index is -4.77. The average Bonchev–Trinajstić information content (AvgIpc) is 1.07. The Kier molecular flexibility index (Phi) is 28.3. The summed E-state index contributed by atoms with van der Waals surface area (Å²) in [6.45, 7) is 19.0. The van der Waals surface area contributed by atoms with Gasteiger partial charge in [-0.2, -0.15) is 13.2 Å². The number of hydrogen-bond donors (Lipinski definition) is 4. The van der Waals surface area contributed by atoms with Crippen LogP contribution in [0.3, 0.4) is 0 Å². The smallest absolute Gasteiger partial charge is 0.343 e. The Morgan fingerprint density at radius 3 is 1.63 bits per heavy atom. The third-order valence-corrected chi connectivity index (χ3v) is 17.5. The Morgan fingerprint density at radius 2 is 1.10 bits per heavy atom. The fourth-order valence-corrected chi connectivity index (χ4v) is 10.3. The van der Waals surface area contributed by atoms with E-state index in [0.29, 0.717) is 12.0 Å². The summed E-state index contributed by atoms with van der Waals surface area (Å²) in [5, 5.41) is 10.4. The quantitative estimate of drug-likeness (QED) is 0.237. The number of nitrogens with zero attached hydrogens (tertiary/aromatic N) is 7. The van der Waals surface area contributed by atoms with Crippen molar-refractivity contribution in [1.82, 2.24) is 55.6 Å². The van der Waals surface area contributed by atoms with Crippen molar-refractivity contribution in [2.75, 3.05) is 62.4 Å². The number of likely N-dealkylation sites (N-methyl/N-ethyl adjacent to an activating group) is 7. The maximum atomic E-state index is 14.9. The van der Waals surface area contributed by atoms with Crippen LogP contribution in [0.4, 0.5) is 13.2 Å². The molecule has 0 aromatic heterocycles. The van der Waals surface area contributed by atoms with Crippen LogP contribution in [0.1, 0.15) is 131 Å². The van der Waals surface area contributed by atoms with Gasteiger partial charge in [-0.05, 0) is 108 Å². The number of rotatable bonds is 11. The van der Waals surface area contributed by atoms with Gasteiger partial charge < -0.3 is 55.6 Å². The highest BCUT2D eigenvalue weighted by Crippen LogP contribution is 2.35. The highest BCUT2D eigenvalue weighted by atomic mass is 35.5. The molecule has 1 fully saturated rings. The third-order valence-electron chi connectivity index (χ3n) is 17.2. The van der Waals surface area contributed by atoms with Crippen molar-refractivity contribution in [2.24, 2.45) is 17.8 Å². The minimum Gasteiger partial charge on any atom is -0.343 e. The van der Waals surface area contributed by atoms with Crippen LogP contribution in [0, 0.1) is 24.7 Å². The van der Waals surface area contributed by atoms with E-state index in [2.05, 4.69) is 21.3 Å². The molecule has 0 saturated carbocycles. The van der Waals surface area contributed by atoms with Crippen molar-refractivity contribution in [2.45, 2.75) is 188 Å². The van der Waals surface area contributed by atoms with Gasteiger partial charge in [-0.15, -0.1) is 0 Å². The predicted octanol–water partition coefficient (Wildman–Crippen LogP) is 4.85. The van der Waals surface area contributed by atoms with Crippen molar-refractivity contribution in [3.63, 3.8) is 0 Å². The standard InChI is InChI=1S/C64H97ClF3N11O11/c1-20-39(7)54-61(89)74(14)34-52(81)73(13)35-53(82)78(18)50(33-44-23-21-38(6)22-24-44)60(88)77(17)42(10)55(83)69-47(28-26-43-25-27-45(46(65)32-43)64(66,67)68)57(85)70-49(30-37(4)5)59(87)79(19)63(11,12)62(90)71-48(29-36(2)3)58(86)75(15)40(8)31-51(80)76(16)41(9)56(84)72-54/h21-25,27,32,36-37,39-42,47-50,54H,20,26,28-31,33-35H2,1-19H3,(H,69,83)(H,70,85)(H,71,90)(H,72,84)/t39?,40-,41+,42-,47+,48+,49+,50+,54+/m1/s1. The monoisotopic (exact) mass is 1290 g/mol. The molecule has 9 atom stereocenters. The normalized spacial score (nSPS) is 24.5. The number of nitrogens with one attached hydrogen (secondary N) is 4. The summed E-state index contributed by atoms with van der Waals surface area (Å²) in [5.74, 6) is -8.62. The summed E-state index contributed by atoms with van der Waals surface area (Å²) >= 11 is 6.09. The lowest BCUT2D eigenvalue weighted by atomic mass is 9.95. The van der Waals surface area contributed by atoms with Gasteiger partial charge in [-0.3, -0.25) is 52.7 Å². The zero-order chi connectivity index (χ0) is 68.8. The van der Waals surface area contributed by atoms with Crippen molar-refractivity contribution in [3.05, 3.63) is 69.7 Å². The van der Waals surface area contributed by atoms with E-state index in [0.717, 1.165) is 42.2 Å². The molecule has 11 amide bonds. The van der Waals surface area contributed by atoms with E-state index in [1.165, 1.54) is 92.9 Å². The average molecular weight is 1290 g/mol. The molecule has 0 aliphatic carbocycles. The molecule has 1 unspecified atom stereocenters. The molecule has 26 heteroatoms. The summed E-state index contributed by atoms with van der Waals surface area (Å²) in [6.07, 6.45) is -4.91. The minimum absolute atomic E-state index is 0.0117. The zero-order valence-electron chi connectivity index (χ0n) is 55.9. The van der Waals surface area contributed by atoms with Crippen molar-refractivity contribution < 1.29 is 65.9 Å². The van der Waals surface area contributed by atoms with Gasteiger partial charge in [0.1, 0.15) is 47.8 Å². The molecule has 1 aliphatic rings. The van der Waals surface area contributed by atoms with E-state index in [1.807, 2.05) is 39.8 Å². The molecule has 1 heterocycles. The van der Waals surface area contributed by atoms with E-state index in [-0.39, 0.29) is 55.9 Å². The second-order valence-corrected chi connectivity index (χ2v) is 26.0. The maximum absolute atomic E-state index is 14.9. The maximum Gasteiger partial charge on any atom is 0.417 e. The molecule has 2 aromatic carbocycles. The Balaban J connectivity index is 2.23. The molecule has 1 saturated heterocycles. The van der Waals surface area contributed by atoms with Crippen LogP contribution < -0.4 is 21.3 Å². The topological polar surface area (TPSA) is 259 Å². The summed E-state index contributed by atoms with van der Waals surface area (Å²) in [6, 6.07) is 0.458. The zero-order valence-corrected chi connectivity index (χ0v) is 56.6. The molecular weight excluding hydrogens is 1190 g/mol. The molecule has 90 heavy (non-hydrogen) atoms. The lowest BCUT2D eigenvalue weighted by Gasteiger charge is -2.39. The number of carbonyl (C=O) groups excluding carboxylic acids is 11.